The van der Waals surface area contributed by atoms with Crippen LogP contribution in [0.2, 0.25) is 4.34 Å². The highest BCUT2D eigenvalue weighted by Crippen LogP contribution is 2.35. The zero-order valence-electron chi connectivity index (χ0n) is 9.90. The third kappa shape index (κ3) is 2.68. The molecule has 2 heterocycles. The summed E-state index contributed by atoms with van der Waals surface area (Å²) in [6.07, 6.45) is 0. The summed E-state index contributed by atoms with van der Waals surface area (Å²) in [5.41, 5.74) is 1.07. The minimum absolute atomic E-state index is 0.143. The molecule has 0 amide bonds. The van der Waals surface area contributed by atoms with Gasteiger partial charge in [0.05, 0.1) is 20.9 Å². The van der Waals surface area contributed by atoms with Crippen molar-refractivity contribution in [3.05, 3.63) is 31.9 Å². The lowest BCUT2D eigenvalue weighted by atomic mass is 10.1. The van der Waals surface area contributed by atoms with Crippen LogP contribution in [0.15, 0.2) is 12.1 Å². The molecule has 0 aliphatic heterocycles. The van der Waals surface area contributed by atoms with Gasteiger partial charge in [0.2, 0.25) is 0 Å². The molecule has 2 aromatic heterocycles. The molecular formula is C11H14ClN3S2. The predicted molar refractivity (Wildman–Crippen MR) is 74.2 cm³/mol. The van der Waals surface area contributed by atoms with Crippen molar-refractivity contribution < 1.29 is 0 Å². The van der Waals surface area contributed by atoms with Crippen LogP contribution in [0.1, 0.15) is 41.3 Å². The van der Waals surface area contributed by atoms with Crippen molar-refractivity contribution in [3.63, 3.8) is 0 Å². The first-order chi connectivity index (χ1) is 8.13. The summed E-state index contributed by atoms with van der Waals surface area (Å²) in [7, 11) is 1.95. The van der Waals surface area contributed by atoms with Gasteiger partial charge < -0.3 is 5.32 Å². The van der Waals surface area contributed by atoms with Crippen LogP contribution in [0, 0.1) is 0 Å². The lowest BCUT2D eigenvalue weighted by Gasteiger charge is -2.14. The van der Waals surface area contributed by atoms with Gasteiger partial charge in [0.1, 0.15) is 0 Å². The van der Waals surface area contributed by atoms with Crippen molar-refractivity contribution in [3.8, 4) is 0 Å². The summed E-state index contributed by atoms with van der Waals surface area (Å²) in [5, 5.41) is 7.53. The molecule has 0 saturated carbocycles. The Bertz CT molecular complexity index is 492. The number of aromatic nitrogens is 2. The fraction of sp³-hybridized carbons (Fsp3) is 0.455. The lowest BCUT2D eigenvalue weighted by Crippen LogP contribution is -2.17. The van der Waals surface area contributed by atoms with Gasteiger partial charge in [-0.2, -0.15) is 0 Å². The Balaban J connectivity index is 2.38. The van der Waals surface area contributed by atoms with Gasteiger partial charge in [-0.25, -0.2) is 0 Å². The number of hydrogen-bond acceptors (Lipinski definition) is 5. The quantitative estimate of drug-likeness (QED) is 0.932. The van der Waals surface area contributed by atoms with E-state index in [9.17, 15) is 0 Å². The lowest BCUT2D eigenvalue weighted by molar-refractivity contribution is 0.688. The van der Waals surface area contributed by atoms with E-state index in [1.807, 2.05) is 13.1 Å². The van der Waals surface area contributed by atoms with Crippen molar-refractivity contribution >= 4 is 34.5 Å². The van der Waals surface area contributed by atoms with Crippen molar-refractivity contribution in [1.82, 2.24) is 14.9 Å². The Labute approximate surface area is 114 Å². The van der Waals surface area contributed by atoms with Crippen molar-refractivity contribution in [2.24, 2.45) is 0 Å². The van der Waals surface area contributed by atoms with Crippen molar-refractivity contribution in [2.45, 2.75) is 25.8 Å². The Morgan fingerprint density at radius 2 is 2.12 bits per heavy atom. The van der Waals surface area contributed by atoms with Crippen molar-refractivity contribution in [2.75, 3.05) is 7.05 Å². The first-order valence-electron chi connectivity index (χ1n) is 5.38. The van der Waals surface area contributed by atoms with E-state index in [1.54, 1.807) is 11.3 Å². The molecule has 6 heteroatoms. The van der Waals surface area contributed by atoms with E-state index in [2.05, 4.69) is 34.8 Å². The summed E-state index contributed by atoms with van der Waals surface area (Å²) in [5.74, 6) is 0.384. The molecule has 0 radical (unpaired) electrons. The van der Waals surface area contributed by atoms with Gasteiger partial charge in [-0.3, -0.25) is 0 Å². The standard InChI is InChI=1S/C11H14ClN3S2/c1-6(2)9-11(17-15-14-9)10(13-3)7-4-5-8(12)16-7/h4-6,10,13H,1-3H3. The molecule has 0 aliphatic carbocycles. The van der Waals surface area contributed by atoms with Crippen LogP contribution in [0.3, 0.4) is 0 Å². The van der Waals surface area contributed by atoms with E-state index in [4.69, 9.17) is 11.6 Å². The molecule has 0 fully saturated rings. The van der Waals surface area contributed by atoms with E-state index >= 15 is 0 Å². The monoisotopic (exact) mass is 287 g/mol. The molecule has 2 aromatic rings. The van der Waals surface area contributed by atoms with E-state index < -0.39 is 0 Å². The summed E-state index contributed by atoms with van der Waals surface area (Å²) >= 11 is 9.04. The molecule has 0 aliphatic rings. The average molecular weight is 288 g/mol. The van der Waals surface area contributed by atoms with Gasteiger partial charge in [0, 0.05) is 4.88 Å². The SMILES string of the molecule is CNC(c1ccc(Cl)s1)c1snnc1C(C)C. The number of halogens is 1. The molecule has 2 rings (SSSR count). The van der Waals surface area contributed by atoms with Crippen LogP contribution in [0.5, 0.6) is 0 Å². The van der Waals surface area contributed by atoms with Gasteiger partial charge in [-0.1, -0.05) is 29.9 Å². The summed E-state index contributed by atoms with van der Waals surface area (Å²) in [6, 6.07) is 4.12. The zero-order valence-corrected chi connectivity index (χ0v) is 12.3. The number of nitrogens with zero attached hydrogens (tertiary/aromatic N) is 2. The maximum atomic E-state index is 5.99. The first-order valence-corrected chi connectivity index (χ1v) is 7.35. The topological polar surface area (TPSA) is 37.8 Å². The summed E-state index contributed by atoms with van der Waals surface area (Å²) in [4.78, 5) is 2.38. The molecule has 1 unspecified atom stereocenters. The van der Waals surface area contributed by atoms with Crippen LogP contribution >= 0.6 is 34.5 Å². The molecule has 0 spiro atoms. The zero-order chi connectivity index (χ0) is 12.4. The maximum absolute atomic E-state index is 5.99. The molecule has 17 heavy (non-hydrogen) atoms. The second-order valence-electron chi connectivity index (χ2n) is 4.04. The highest BCUT2D eigenvalue weighted by atomic mass is 35.5. The molecule has 1 N–H and O–H groups in total. The molecule has 92 valence electrons. The molecule has 3 nitrogen and oxygen atoms in total. The van der Waals surface area contributed by atoms with Crippen LogP contribution in [0.25, 0.3) is 0 Å². The average Bonchev–Trinajstić information content (AvgIpc) is 2.89. The maximum Gasteiger partial charge on any atom is 0.0931 e. The Hall–Kier alpha value is -0.490. The van der Waals surface area contributed by atoms with E-state index in [1.165, 1.54) is 21.3 Å². The van der Waals surface area contributed by atoms with Gasteiger partial charge in [0.25, 0.3) is 0 Å². The number of hydrogen-bond donors (Lipinski definition) is 1. The first kappa shape index (κ1) is 13.0. The second kappa shape index (κ2) is 5.44. The predicted octanol–water partition coefficient (Wildman–Crippen LogP) is 3.69. The molecule has 0 aromatic carbocycles. The van der Waals surface area contributed by atoms with Gasteiger partial charge in [-0.15, -0.1) is 16.4 Å². The Morgan fingerprint density at radius 3 is 2.65 bits per heavy atom. The number of nitrogens with one attached hydrogen (secondary N) is 1. The Kier molecular flexibility index (Phi) is 4.14. The van der Waals surface area contributed by atoms with E-state index in [-0.39, 0.29) is 6.04 Å². The number of rotatable bonds is 4. The third-order valence-electron chi connectivity index (χ3n) is 2.52. The highest BCUT2D eigenvalue weighted by Gasteiger charge is 2.22. The summed E-state index contributed by atoms with van der Waals surface area (Å²) in [6.45, 7) is 4.27. The van der Waals surface area contributed by atoms with Gasteiger partial charge >= 0.3 is 0 Å². The number of thiophene rings is 1. The molecular weight excluding hydrogens is 274 g/mol. The fourth-order valence-corrected chi connectivity index (χ4v) is 3.88. The van der Waals surface area contributed by atoms with Gasteiger partial charge in [0.15, 0.2) is 0 Å². The minimum atomic E-state index is 0.143. The summed E-state index contributed by atoms with van der Waals surface area (Å²) < 4.78 is 4.88. The smallest absolute Gasteiger partial charge is 0.0931 e. The van der Waals surface area contributed by atoms with Crippen molar-refractivity contribution in [1.29, 1.82) is 0 Å². The normalized spacial score (nSPS) is 13.2. The molecule has 1 atom stereocenters. The van der Waals surface area contributed by atoms with Crippen LogP contribution in [0.4, 0.5) is 0 Å². The Morgan fingerprint density at radius 1 is 1.35 bits per heavy atom. The molecule has 0 bridgehead atoms. The third-order valence-corrected chi connectivity index (χ3v) is 4.62. The van der Waals surface area contributed by atoms with Gasteiger partial charge in [-0.05, 0) is 36.6 Å². The fourth-order valence-electron chi connectivity index (χ4n) is 1.69. The highest BCUT2D eigenvalue weighted by molar-refractivity contribution is 7.16. The van der Waals surface area contributed by atoms with Crippen LogP contribution in [-0.2, 0) is 0 Å². The largest absolute Gasteiger partial charge is 0.308 e. The van der Waals surface area contributed by atoms with E-state index in [0.29, 0.717) is 5.92 Å². The second-order valence-corrected chi connectivity index (χ2v) is 6.57. The van der Waals surface area contributed by atoms with E-state index in [0.717, 1.165) is 10.0 Å². The minimum Gasteiger partial charge on any atom is -0.308 e. The van der Waals surface area contributed by atoms with Crippen LogP contribution < -0.4 is 5.32 Å². The molecule has 0 saturated heterocycles. The van der Waals surface area contributed by atoms with Crippen LogP contribution in [-0.4, -0.2) is 16.6 Å².